The van der Waals surface area contributed by atoms with Crippen LogP contribution in [0.3, 0.4) is 0 Å². The quantitative estimate of drug-likeness (QED) is 0.522. The zero-order valence-corrected chi connectivity index (χ0v) is 8.81. The number of rotatable bonds is 1. The van der Waals surface area contributed by atoms with Crippen molar-refractivity contribution in [2.24, 2.45) is 0 Å². The van der Waals surface area contributed by atoms with Gasteiger partial charge >= 0.3 is 5.97 Å². The van der Waals surface area contributed by atoms with Gasteiger partial charge in [0.2, 0.25) is 0 Å². The molecule has 0 heterocycles. The molecule has 4 heteroatoms. The van der Waals surface area contributed by atoms with Crippen LogP contribution in [0.4, 0.5) is 0 Å². The molecular formula is C3H5CdClO2. The zero-order valence-electron chi connectivity index (χ0n) is 4.02. The van der Waals surface area contributed by atoms with Crippen LogP contribution < -0.4 is 0 Å². The van der Waals surface area contributed by atoms with Crippen molar-refractivity contribution < 1.29 is 37.2 Å². The van der Waals surface area contributed by atoms with Gasteiger partial charge in [-0.2, -0.15) is 0 Å². The molecule has 38 valence electrons. The smallest absolute Gasteiger partial charge is 0.321 e. The van der Waals surface area contributed by atoms with Crippen molar-refractivity contribution in [2.75, 3.05) is 0 Å². The number of aliphatic carboxylic acids is 1. The summed E-state index contributed by atoms with van der Waals surface area (Å²) in [5.74, 6) is -0.975. The molecule has 0 saturated heterocycles. The van der Waals surface area contributed by atoms with Crippen LogP contribution in [-0.4, -0.2) is 16.5 Å². The van der Waals surface area contributed by atoms with Gasteiger partial charge in [0.15, 0.2) is 0 Å². The van der Waals surface area contributed by atoms with E-state index in [0.717, 1.165) is 0 Å². The van der Waals surface area contributed by atoms with Crippen LogP contribution in [0.25, 0.3) is 0 Å². The maximum Gasteiger partial charge on any atom is 0.321 e. The molecule has 0 fully saturated rings. The Morgan fingerprint density at radius 2 is 2.00 bits per heavy atom. The topological polar surface area (TPSA) is 37.3 Å². The minimum Gasteiger partial charge on any atom is -0.480 e. The Morgan fingerprint density at radius 1 is 1.86 bits per heavy atom. The molecule has 0 saturated carbocycles. The van der Waals surface area contributed by atoms with E-state index in [1.165, 1.54) is 6.92 Å². The molecule has 0 bridgehead atoms. The fraction of sp³-hybridized carbons (Fsp3) is 0.667. The fourth-order valence-electron chi connectivity index (χ4n) is 0. The summed E-state index contributed by atoms with van der Waals surface area (Å²) in [6.45, 7) is 1.41. The Labute approximate surface area is 67.0 Å². The molecule has 0 aromatic carbocycles. The van der Waals surface area contributed by atoms with Crippen LogP contribution in [0.1, 0.15) is 6.92 Å². The Morgan fingerprint density at radius 3 is 2.00 bits per heavy atom. The average molecular weight is 221 g/mol. The predicted octanol–water partition coefficient (Wildman–Crippen LogP) is 0.696. The van der Waals surface area contributed by atoms with Crippen molar-refractivity contribution in [3.8, 4) is 0 Å². The number of alkyl halides is 1. The van der Waals surface area contributed by atoms with Crippen molar-refractivity contribution in [2.45, 2.75) is 12.3 Å². The number of carboxylic acid groups (broad SMARTS) is 1. The van der Waals surface area contributed by atoms with Gasteiger partial charge in [-0.25, -0.2) is 0 Å². The standard InChI is InChI=1S/C3H5ClO2.Cd/c1-2(4)3(5)6;/h2H,1H3,(H,5,6);. The Hall–Kier alpha value is 0.682. The van der Waals surface area contributed by atoms with Crippen molar-refractivity contribution >= 4 is 17.6 Å². The summed E-state index contributed by atoms with van der Waals surface area (Å²) in [5, 5.41) is 7.10. The first-order valence-electron chi connectivity index (χ1n) is 1.51. The van der Waals surface area contributed by atoms with Gasteiger partial charge in [-0.3, -0.25) is 4.79 Å². The van der Waals surface area contributed by atoms with E-state index in [-0.39, 0.29) is 27.3 Å². The molecule has 0 spiro atoms. The minimum atomic E-state index is -0.975. The Bertz CT molecular complexity index is 64.0. The largest absolute Gasteiger partial charge is 0.480 e. The molecule has 1 N–H and O–H groups in total. The normalized spacial score (nSPS) is 11.7. The van der Waals surface area contributed by atoms with Crippen molar-refractivity contribution in [1.29, 1.82) is 0 Å². The molecule has 0 aromatic heterocycles. The van der Waals surface area contributed by atoms with Crippen LogP contribution in [-0.2, 0) is 32.1 Å². The molecule has 0 aliphatic carbocycles. The van der Waals surface area contributed by atoms with Gasteiger partial charge in [-0.15, -0.1) is 11.6 Å². The molecule has 0 aliphatic heterocycles. The summed E-state index contributed by atoms with van der Waals surface area (Å²) in [6.07, 6.45) is 0. The molecule has 0 radical (unpaired) electrons. The van der Waals surface area contributed by atoms with Crippen molar-refractivity contribution in [1.82, 2.24) is 0 Å². The summed E-state index contributed by atoms with van der Waals surface area (Å²) in [4.78, 5) is 9.57. The first-order chi connectivity index (χ1) is 2.64. The summed E-state index contributed by atoms with van der Waals surface area (Å²) >= 11 is 5.01. The minimum absolute atomic E-state index is 0. The van der Waals surface area contributed by atoms with Crippen LogP contribution in [0, 0.1) is 0 Å². The van der Waals surface area contributed by atoms with E-state index < -0.39 is 11.3 Å². The Balaban J connectivity index is 0. The van der Waals surface area contributed by atoms with Crippen LogP contribution in [0.5, 0.6) is 0 Å². The van der Waals surface area contributed by atoms with Crippen LogP contribution >= 0.6 is 11.6 Å². The van der Waals surface area contributed by atoms with Crippen molar-refractivity contribution in [3.05, 3.63) is 0 Å². The Kier molecular flexibility index (Phi) is 7.33. The summed E-state index contributed by atoms with van der Waals surface area (Å²) in [5.41, 5.74) is 0. The van der Waals surface area contributed by atoms with E-state index in [2.05, 4.69) is 0 Å². The third-order valence-corrected chi connectivity index (χ3v) is 0.527. The summed E-state index contributed by atoms with van der Waals surface area (Å²) < 4.78 is 0. The maximum absolute atomic E-state index is 9.57. The van der Waals surface area contributed by atoms with Gasteiger partial charge in [-0.1, -0.05) is 0 Å². The fourth-order valence-corrected chi connectivity index (χ4v) is 0. The number of carboxylic acids is 1. The zero-order chi connectivity index (χ0) is 5.15. The van der Waals surface area contributed by atoms with Gasteiger partial charge in [0, 0.05) is 27.3 Å². The van der Waals surface area contributed by atoms with E-state index in [4.69, 9.17) is 16.7 Å². The second-order valence-electron chi connectivity index (χ2n) is 0.954. The molecule has 7 heavy (non-hydrogen) atoms. The molecule has 0 amide bonds. The summed E-state index contributed by atoms with van der Waals surface area (Å²) in [7, 11) is 0. The molecule has 2 nitrogen and oxygen atoms in total. The molecule has 1 unspecified atom stereocenters. The average Bonchev–Trinajstić information content (AvgIpc) is 1.36. The first-order valence-corrected chi connectivity index (χ1v) is 1.95. The van der Waals surface area contributed by atoms with Gasteiger partial charge < -0.3 is 5.11 Å². The van der Waals surface area contributed by atoms with E-state index >= 15 is 0 Å². The summed E-state index contributed by atoms with van der Waals surface area (Å²) in [6, 6.07) is 0. The van der Waals surface area contributed by atoms with Crippen molar-refractivity contribution in [3.63, 3.8) is 0 Å². The molecule has 1 atom stereocenters. The van der Waals surface area contributed by atoms with Crippen LogP contribution in [0.15, 0.2) is 0 Å². The predicted molar refractivity (Wildman–Crippen MR) is 23.0 cm³/mol. The maximum atomic E-state index is 9.57. The second-order valence-corrected chi connectivity index (χ2v) is 1.61. The van der Waals surface area contributed by atoms with E-state index in [1.54, 1.807) is 0 Å². The van der Waals surface area contributed by atoms with Crippen LogP contribution in [0.2, 0.25) is 0 Å². The molecular weight excluding hydrogens is 216 g/mol. The number of carbonyl (C=O) groups is 1. The third-order valence-electron chi connectivity index (χ3n) is 0.340. The van der Waals surface area contributed by atoms with Gasteiger partial charge in [0.1, 0.15) is 5.38 Å². The monoisotopic (exact) mass is 222 g/mol. The van der Waals surface area contributed by atoms with E-state index in [0.29, 0.717) is 0 Å². The second kappa shape index (κ2) is 4.83. The number of hydrogen-bond acceptors (Lipinski definition) is 1. The van der Waals surface area contributed by atoms with Gasteiger partial charge in [0.25, 0.3) is 0 Å². The molecule has 0 rings (SSSR count). The van der Waals surface area contributed by atoms with E-state index in [9.17, 15) is 4.79 Å². The van der Waals surface area contributed by atoms with Gasteiger partial charge in [-0.05, 0) is 6.92 Å². The number of halogens is 1. The first kappa shape index (κ1) is 10.6. The number of hydrogen-bond donors (Lipinski definition) is 1. The third kappa shape index (κ3) is 6.68. The molecule has 0 aromatic rings. The van der Waals surface area contributed by atoms with E-state index in [1.807, 2.05) is 0 Å². The SMILES string of the molecule is CC(Cl)C(=O)O.[Cd]. The molecule has 0 aliphatic rings. The van der Waals surface area contributed by atoms with Gasteiger partial charge in [0.05, 0.1) is 0 Å².